The van der Waals surface area contributed by atoms with Crippen molar-refractivity contribution in [2.45, 2.75) is 31.8 Å². The van der Waals surface area contributed by atoms with E-state index < -0.39 is 0 Å². The summed E-state index contributed by atoms with van der Waals surface area (Å²) in [7, 11) is 0. The first-order valence-electron chi connectivity index (χ1n) is 7.81. The smallest absolute Gasteiger partial charge is 0.133 e. The second-order valence-electron chi connectivity index (χ2n) is 5.96. The number of nitrogens with one attached hydrogen (secondary N) is 1. The lowest BCUT2D eigenvalue weighted by Gasteiger charge is -2.27. The van der Waals surface area contributed by atoms with E-state index in [9.17, 15) is 5.11 Å². The molecule has 0 radical (unpaired) electrons. The van der Waals surface area contributed by atoms with Crippen LogP contribution in [-0.2, 0) is 13.0 Å². The normalized spacial score (nSPS) is 17.5. The van der Waals surface area contributed by atoms with Crippen molar-refractivity contribution in [1.29, 1.82) is 0 Å². The first-order valence-corrected chi connectivity index (χ1v) is 7.81. The predicted octanol–water partition coefficient (Wildman–Crippen LogP) is 4.31. The van der Waals surface area contributed by atoms with Crippen molar-refractivity contribution < 1.29 is 9.52 Å². The number of hydrogen-bond donors (Lipinski definition) is 2. The van der Waals surface area contributed by atoms with Gasteiger partial charge in [-0.1, -0.05) is 18.2 Å². The molecule has 0 aliphatic heterocycles. The number of phenolic OH excluding ortho intramolecular Hbond substituents is 1. The van der Waals surface area contributed by atoms with Crippen LogP contribution in [0, 0.1) is 0 Å². The molecule has 0 saturated carbocycles. The SMILES string of the molecule is Oc1cccc2c1CCCC2NCc1ccc2occc2c1. The maximum atomic E-state index is 10.0. The highest BCUT2D eigenvalue weighted by atomic mass is 16.3. The average molecular weight is 293 g/mol. The van der Waals surface area contributed by atoms with Gasteiger partial charge in [-0.15, -0.1) is 0 Å². The summed E-state index contributed by atoms with van der Waals surface area (Å²) in [4.78, 5) is 0. The molecule has 0 amide bonds. The first kappa shape index (κ1) is 13.4. The van der Waals surface area contributed by atoms with Gasteiger partial charge in [-0.2, -0.15) is 0 Å². The van der Waals surface area contributed by atoms with Crippen molar-refractivity contribution in [2.75, 3.05) is 0 Å². The molecule has 0 fully saturated rings. The van der Waals surface area contributed by atoms with Crippen molar-refractivity contribution in [1.82, 2.24) is 5.32 Å². The zero-order valence-corrected chi connectivity index (χ0v) is 12.4. The minimum absolute atomic E-state index is 0.316. The number of benzene rings is 2. The quantitative estimate of drug-likeness (QED) is 0.756. The van der Waals surface area contributed by atoms with Crippen LogP contribution in [0.3, 0.4) is 0 Å². The monoisotopic (exact) mass is 293 g/mol. The fourth-order valence-electron chi connectivity index (χ4n) is 3.41. The molecule has 1 unspecified atom stereocenters. The summed E-state index contributed by atoms with van der Waals surface area (Å²) in [6, 6.07) is 14.4. The highest BCUT2D eigenvalue weighted by Gasteiger charge is 2.21. The fraction of sp³-hybridized carbons (Fsp3) is 0.263. The van der Waals surface area contributed by atoms with E-state index in [4.69, 9.17) is 4.42 Å². The lowest BCUT2D eigenvalue weighted by Crippen LogP contribution is -2.24. The zero-order valence-electron chi connectivity index (χ0n) is 12.4. The minimum Gasteiger partial charge on any atom is -0.508 e. The van der Waals surface area contributed by atoms with Crippen LogP contribution in [0.1, 0.15) is 35.6 Å². The predicted molar refractivity (Wildman–Crippen MR) is 86.8 cm³/mol. The molecule has 3 heteroatoms. The maximum Gasteiger partial charge on any atom is 0.133 e. The Bertz CT molecular complexity index is 806. The van der Waals surface area contributed by atoms with E-state index in [1.807, 2.05) is 18.2 Å². The molecule has 1 aliphatic rings. The van der Waals surface area contributed by atoms with Gasteiger partial charge in [-0.25, -0.2) is 0 Å². The molecule has 1 heterocycles. The Morgan fingerprint density at radius 1 is 1.18 bits per heavy atom. The molecular formula is C19H19NO2. The molecule has 3 nitrogen and oxygen atoms in total. The maximum absolute atomic E-state index is 10.0. The van der Waals surface area contributed by atoms with E-state index >= 15 is 0 Å². The van der Waals surface area contributed by atoms with Gasteiger partial charge in [-0.05, 0) is 60.2 Å². The van der Waals surface area contributed by atoms with Crippen molar-refractivity contribution in [3.8, 4) is 5.75 Å². The molecule has 0 bridgehead atoms. The van der Waals surface area contributed by atoms with E-state index in [0.717, 1.165) is 42.3 Å². The van der Waals surface area contributed by atoms with Gasteiger partial charge >= 0.3 is 0 Å². The van der Waals surface area contributed by atoms with Crippen molar-refractivity contribution >= 4 is 11.0 Å². The number of fused-ring (bicyclic) bond motifs is 2. The number of hydrogen-bond acceptors (Lipinski definition) is 3. The van der Waals surface area contributed by atoms with E-state index in [-0.39, 0.29) is 0 Å². The third-order valence-corrected chi connectivity index (χ3v) is 4.55. The van der Waals surface area contributed by atoms with Crippen molar-refractivity contribution in [2.24, 2.45) is 0 Å². The summed E-state index contributed by atoms with van der Waals surface area (Å²) in [5.74, 6) is 0.434. The molecule has 112 valence electrons. The topological polar surface area (TPSA) is 45.4 Å². The van der Waals surface area contributed by atoms with Crippen LogP contribution in [0.5, 0.6) is 5.75 Å². The third-order valence-electron chi connectivity index (χ3n) is 4.55. The third kappa shape index (κ3) is 2.38. The van der Waals surface area contributed by atoms with Gasteiger partial charge in [-0.3, -0.25) is 0 Å². The molecule has 0 spiro atoms. The summed E-state index contributed by atoms with van der Waals surface area (Å²) in [6.45, 7) is 0.820. The molecule has 0 saturated heterocycles. The fourth-order valence-corrected chi connectivity index (χ4v) is 3.41. The Labute approximate surface area is 129 Å². The van der Waals surface area contributed by atoms with Gasteiger partial charge in [0.05, 0.1) is 6.26 Å². The van der Waals surface area contributed by atoms with Gasteiger partial charge in [0.2, 0.25) is 0 Å². The Kier molecular flexibility index (Phi) is 3.35. The van der Waals surface area contributed by atoms with Crippen LogP contribution in [-0.4, -0.2) is 5.11 Å². The molecule has 1 atom stereocenters. The molecule has 1 aromatic heterocycles. The Morgan fingerprint density at radius 3 is 3.09 bits per heavy atom. The first-order chi connectivity index (χ1) is 10.8. The van der Waals surface area contributed by atoms with E-state index in [2.05, 4.69) is 23.5 Å². The van der Waals surface area contributed by atoms with E-state index in [1.54, 1.807) is 12.3 Å². The molecule has 4 rings (SSSR count). The summed E-state index contributed by atoms with van der Waals surface area (Å²) >= 11 is 0. The number of phenols is 1. The number of rotatable bonds is 3. The van der Waals surface area contributed by atoms with E-state index in [0.29, 0.717) is 11.8 Å². The van der Waals surface area contributed by atoms with Crippen LogP contribution >= 0.6 is 0 Å². The van der Waals surface area contributed by atoms with Crippen LogP contribution in [0.25, 0.3) is 11.0 Å². The van der Waals surface area contributed by atoms with E-state index in [1.165, 1.54) is 11.1 Å². The number of aromatic hydroxyl groups is 1. The lowest BCUT2D eigenvalue weighted by molar-refractivity contribution is 0.429. The Balaban J connectivity index is 1.54. The molecule has 1 aliphatic carbocycles. The van der Waals surface area contributed by atoms with Gasteiger partial charge in [0.25, 0.3) is 0 Å². The Hall–Kier alpha value is -2.26. The molecule has 2 aromatic carbocycles. The standard InChI is InChI=1S/C19H19NO2/c21-18-6-2-3-15-16(18)4-1-5-17(15)20-12-13-7-8-19-14(11-13)9-10-22-19/h2-3,6-11,17,20-21H,1,4-5,12H2. The number of furan rings is 1. The second kappa shape index (κ2) is 5.50. The van der Waals surface area contributed by atoms with Crippen LogP contribution in [0.15, 0.2) is 53.1 Å². The largest absolute Gasteiger partial charge is 0.508 e. The summed E-state index contributed by atoms with van der Waals surface area (Å²) in [5.41, 5.74) is 4.53. The summed E-state index contributed by atoms with van der Waals surface area (Å²) in [6.07, 6.45) is 4.93. The van der Waals surface area contributed by atoms with Crippen molar-refractivity contribution in [3.63, 3.8) is 0 Å². The second-order valence-corrected chi connectivity index (χ2v) is 5.96. The van der Waals surface area contributed by atoms with Crippen LogP contribution < -0.4 is 5.32 Å². The van der Waals surface area contributed by atoms with Crippen LogP contribution in [0.4, 0.5) is 0 Å². The molecule has 3 aromatic rings. The highest BCUT2D eigenvalue weighted by Crippen LogP contribution is 2.34. The highest BCUT2D eigenvalue weighted by molar-refractivity contribution is 5.77. The molecular weight excluding hydrogens is 274 g/mol. The average Bonchev–Trinajstić information content (AvgIpc) is 3.01. The summed E-state index contributed by atoms with van der Waals surface area (Å²) in [5, 5.41) is 14.8. The summed E-state index contributed by atoms with van der Waals surface area (Å²) < 4.78 is 5.38. The van der Waals surface area contributed by atoms with Gasteiger partial charge in [0.15, 0.2) is 0 Å². The zero-order chi connectivity index (χ0) is 14.9. The Morgan fingerprint density at radius 2 is 2.14 bits per heavy atom. The lowest BCUT2D eigenvalue weighted by atomic mass is 9.87. The van der Waals surface area contributed by atoms with Crippen LogP contribution in [0.2, 0.25) is 0 Å². The molecule has 22 heavy (non-hydrogen) atoms. The van der Waals surface area contributed by atoms with Gasteiger partial charge in [0, 0.05) is 18.0 Å². The van der Waals surface area contributed by atoms with Gasteiger partial charge < -0.3 is 14.8 Å². The van der Waals surface area contributed by atoms with Crippen molar-refractivity contribution in [3.05, 3.63) is 65.4 Å². The minimum atomic E-state index is 0.316. The van der Waals surface area contributed by atoms with Gasteiger partial charge in [0.1, 0.15) is 11.3 Å². The molecule has 2 N–H and O–H groups in total.